The molecule has 0 bridgehead atoms. The van der Waals surface area contributed by atoms with Crippen LogP contribution in [0.2, 0.25) is 0 Å². The van der Waals surface area contributed by atoms with Crippen molar-refractivity contribution in [2.75, 3.05) is 29.8 Å². The lowest BCUT2D eigenvalue weighted by molar-refractivity contribution is -0.138. The van der Waals surface area contributed by atoms with Crippen molar-refractivity contribution in [2.45, 2.75) is 5.25 Å². The zero-order valence-corrected chi connectivity index (χ0v) is 11.7. The average Bonchev–Trinajstić information content (AvgIpc) is 2.35. The molecule has 0 atom stereocenters. The fourth-order valence-electron chi connectivity index (χ4n) is 1.03. The molecule has 0 aromatic heterocycles. The minimum Gasteiger partial charge on any atom is -0.459 e. The second kappa shape index (κ2) is 8.77. The summed E-state index contributed by atoms with van der Waals surface area (Å²) in [5, 5.41) is 1.12. The first-order valence-corrected chi connectivity index (χ1v) is 8.19. The predicted molar refractivity (Wildman–Crippen MR) is 73.7 cm³/mol. The molecule has 1 fully saturated rings. The van der Waals surface area contributed by atoms with Crippen molar-refractivity contribution >= 4 is 46.6 Å². The highest BCUT2D eigenvalue weighted by molar-refractivity contribution is 8.20. The Morgan fingerprint density at radius 3 is 2.59 bits per heavy atom. The largest absolute Gasteiger partial charge is 0.459 e. The summed E-state index contributed by atoms with van der Waals surface area (Å²) >= 11 is 4.89. The Balaban J connectivity index is 2.04. The van der Waals surface area contributed by atoms with Crippen LogP contribution in [0.15, 0.2) is 12.7 Å². The van der Waals surface area contributed by atoms with Gasteiger partial charge in [-0.15, -0.1) is 23.5 Å². The molecule has 17 heavy (non-hydrogen) atoms. The quantitative estimate of drug-likeness (QED) is 0.438. The van der Waals surface area contributed by atoms with Crippen molar-refractivity contribution < 1.29 is 19.1 Å². The van der Waals surface area contributed by atoms with Gasteiger partial charge in [-0.05, 0) is 11.8 Å². The zero-order valence-electron chi connectivity index (χ0n) is 9.26. The van der Waals surface area contributed by atoms with Gasteiger partial charge in [0.2, 0.25) is 0 Å². The third-order valence-corrected chi connectivity index (χ3v) is 5.76. The Labute approximate surface area is 113 Å². The third-order valence-electron chi connectivity index (χ3n) is 1.75. The van der Waals surface area contributed by atoms with E-state index in [0.29, 0.717) is 5.25 Å². The van der Waals surface area contributed by atoms with Crippen LogP contribution in [0.25, 0.3) is 0 Å². The molecule has 0 aromatic carbocycles. The molecule has 0 N–H and O–H groups in total. The van der Waals surface area contributed by atoms with E-state index in [1.165, 1.54) is 11.8 Å². The molecule has 0 aromatic rings. The van der Waals surface area contributed by atoms with Gasteiger partial charge in [0.1, 0.15) is 13.2 Å². The molecule has 1 aliphatic heterocycles. The summed E-state index contributed by atoms with van der Waals surface area (Å²) in [6.45, 7) is 3.43. The van der Waals surface area contributed by atoms with Gasteiger partial charge in [-0.25, -0.2) is 9.59 Å². The molecular weight excluding hydrogens is 280 g/mol. The van der Waals surface area contributed by atoms with Gasteiger partial charge in [-0.1, -0.05) is 6.58 Å². The molecule has 7 heteroatoms. The van der Waals surface area contributed by atoms with Crippen LogP contribution < -0.4 is 0 Å². The average molecular weight is 294 g/mol. The Kier molecular flexibility index (Phi) is 7.63. The van der Waals surface area contributed by atoms with Crippen molar-refractivity contribution in [1.29, 1.82) is 0 Å². The molecule has 0 saturated carbocycles. The summed E-state index contributed by atoms with van der Waals surface area (Å²) in [7, 11) is 0. The zero-order chi connectivity index (χ0) is 12.5. The number of hydrogen-bond acceptors (Lipinski definition) is 7. The second-order valence-corrected chi connectivity index (χ2v) is 6.73. The van der Waals surface area contributed by atoms with E-state index in [1.54, 1.807) is 0 Å². The minimum atomic E-state index is -0.506. The van der Waals surface area contributed by atoms with Crippen molar-refractivity contribution in [2.24, 2.45) is 0 Å². The summed E-state index contributed by atoms with van der Waals surface area (Å²) < 4.78 is 9.61. The maximum Gasteiger partial charge on any atom is 0.367 e. The predicted octanol–water partition coefficient (Wildman–Crippen LogP) is 2.39. The summed E-state index contributed by atoms with van der Waals surface area (Å²) in [6.07, 6.45) is 1.08. The van der Waals surface area contributed by atoms with Gasteiger partial charge >= 0.3 is 11.3 Å². The van der Waals surface area contributed by atoms with Crippen molar-refractivity contribution in [1.82, 2.24) is 0 Å². The van der Waals surface area contributed by atoms with E-state index in [4.69, 9.17) is 4.74 Å². The fraction of sp³-hybridized carbons (Fsp3) is 0.600. The summed E-state index contributed by atoms with van der Waals surface area (Å²) in [6, 6.07) is 0. The van der Waals surface area contributed by atoms with Crippen LogP contribution in [0.1, 0.15) is 0 Å². The molecule has 1 saturated heterocycles. The monoisotopic (exact) mass is 294 g/mol. The van der Waals surface area contributed by atoms with E-state index in [2.05, 4.69) is 11.3 Å². The van der Waals surface area contributed by atoms with Crippen LogP contribution in [0, 0.1) is 0 Å². The minimum absolute atomic E-state index is 0.0747. The number of carbonyl (C=O) groups is 2. The van der Waals surface area contributed by atoms with Crippen LogP contribution in [0.5, 0.6) is 0 Å². The highest BCUT2D eigenvalue weighted by Gasteiger charge is 2.19. The second-order valence-electron chi connectivity index (χ2n) is 3.07. The summed E-state index contributed by atoms with van der Waals surface area (Å²) in [5.74, 6) is 1.46. The Morgan fingerprint density at radius 1 is 1.29 bits per heavy atom. The van der Waals surface area contributed by atoms with Gasteiger partial charge < -0.3 is 9.47 Å². The number of ether oxygens (including phenoxy) is 2. The van der Waals surface area contributed by atoms with Gasteiger partial charge in [0, 0.05) is 27.9 Å². The maximum absolute atomic E-state index is 11.4. The molecule has 1 heterocycles. The van der Waals surface area contributed by atoms with Crippen molar-refractivity contribution in [3.8, 4) is 0 Å². The molecule has 96 valence electrons. The van der Waals surface area contributed by atoms with Gasteiger partial charge in [-0.3, -0.25) is 0 Å². The molecule has 1 aliphatic rings. The van der Waals surface area contributed by atoms with E-state index in [-0.39, 0.29) is 18.5 Å². The molecule has 0 aliphatic carbocycles. The number of carbonyl (C=O) groups excluding carboxylic acids is 2. The van der Waals surface area contributed by atoms with Crippen molar-refractivity contribution in [3.05, 3.63) is 12.7 Å². The third kappa shape index (κ3) is 6.90. The smallest absolute Gasteiger partial charge is 0.367 e. The van der Waals surface area contributed by atoms with Crippen LogP contribution in [-0.4, -0.2) is 46.3 Å². The van der Waals surface area contributed by atoms with Crippen LogP contribution >= 0.6 is 35.3 Å². The maximum atomic E-state index is 11.4. The molecule has 0 spiro atoms. The first-order valence-electron chi connectivity index (χ1n) is 5.00. The highest BCUT2D eigenvalue weighted by Crippen LogP contribution is 2.29. The van der Waals surface area contributed by atoms with Crippen LogP contribution in [0.4, 0.5) is 4.79 Å². The molecule has 0 radical (unpaired) electrons. The number of hydrogen-bond donors (Lipinski definition) is 0. The number of rotatable bonds is 5. The highest BCUT2D eigenvalue weighted by atomic mass is 32.2. The van der Waals surface area contributed by atoms with Gasteiger partial charge in [0.05, 0.1) is 0 Å². The van der Waals surface area contributed by atoms with E-state index < -0.39 is 5.97 Å². The fourth-order valence-corrected chi connectivity index (χ4v) is 4.73. The summed E-state index contributed by atoms with van der Waals surface area (Å²) in [5.41, 5.74) is 0. The molecule has 4 nitrogen and oxygen atoms in total. The topological polar surface area (TPSA) is 52.6 Å². The Bertz CT molecular complexity index is 277. The number of esters is 1. The molecule has 0 unspecified atom stereocenters. The standard InChI is InChI=1S/C10H14O4S3/c1-2-9(11)13-3-4-14-10(12)17-8-5-15-7-16-6-8/h2,8H,1,3-7H2. The van der Waals surface area contributed by atoms with Gasteiger partial charge in [-0.2, -0.15) is 0 Å². The first-order chi connectivity index (χ1) is 8.22. The van der Waals surface area contributed by atoms with Crippen molar-refractivity contribution in [3.63, 3.8) is 0 Å². The van der Waals surface area contributed by atoms with E-state index in [1.807, 2.05) is 23.5 Å². The molecular formula is C10H14O4S3. The van der Waals surface area contributed by atoms with Crippen LogP contribution in [-0.2, 0) is 14.3 Å². The molecule has 1 rings (SSSR count). The lowest BCUT2D eigenvalue weighted by Crippen LogP contribution is -2.18. The lowest BCUT2D eigenvalue weighted by atomic mass is 10.5. The molecule has 0 amide bonds. The van der Waals surface area contributed by atoms with E-state index in [9.17, 15) is 9.59 Å². The van der Waals surface area contributed by atoms with Gasteiger partial charge in [0.15, 0.2) is 0 Å². The van der Waals surface area contributed by atoms with E-state index in [0.717, 1.165) is 22.7 Å². The Morgan fingerprint density at radius 2 is 1.94 bits per heavy atom. The van der Waals surface area contributed by atoms with Crippen LogP contribution in [0.3, 0.4) is 0 Å². The Hall–Kier alpha value is -0.270. The SMILES string of the molecule is C=CC(=O)OCCOC(=O)SC1CSCSC1. The lowest BCUT2D eigenvalue weighted by Gasteiger charge is -2.18. The van der Waals surface area contributed by atoms with Gasteiger partial charge in [0.25, 0.3) is 0 Å². The number of thioether (sulfide) groups is 3. The normalized spacial score (nSPS) is 16.2. The first kappa shape index (κ1) is 14.8. The summed E-state index contributed by atoms with van der Waals surface area (Å²) in [4.78, 5) is 22.1. The van der Waals surface area contributed by atoms with E-state index >= 15 is 0 Å².